The van der Waals surface area contributed by atoms with Gasteiger partial charge >= 0.3 is 0 Å². The number of nitrogens with two attached hydrogens (primary N) is 1. The molecular weight excluding hydrogens is 398 g/mol. The van der Waals surface area contributed by atoms with Crippen molar-refractivity contribution in [3.63, 3.8) is 0 Å². The Hall–Kier alpha value is -0.290. The molecular formula is C16H17Br2NS. The van der Waals surface area contributed by atoms with Crippen molar-refractivity contribution in [3.8, 4) is 0 Å². The summed E-state index contributed by atoms with van der Waals surface area (Å²) in [6.45, 7) is 2.13. The second-order valence-electron chi connectivity index (χ2n) is 4.56. The van der Waals surface area contributed by atoms with Gasteiger partial charge in [-0.1, -0.05) is 53.2 Å². The van der Waals surface area contributed by atoms with Gasteiger partial charge in [-0.2, -0.15) is 0 Å². The molecule has 0 aliphatic heterocycles. The predicted molar refractivity (Wildman–Crippen MR) is 95.1 cm³/mol. The lowest BCUT2D eigenvalue weighted by atomic mass is 10.0. The van der Waals surface area contributed by atoms with E-state index in [9.17, 15) is 0 Å². The average molecular weight is 415 g/mol. The number of halogens is 2. The van der Waals surface area contributed by atoms with Crippen molar-refractivity contribution >= 4 is 43.6 Å². The van der Waals surface area contributed by atoms with Gasteiger partial charge in [-0.3, -0.25) is 0 Å². The van der Waals surface area contributed by atoms with Gasteiger partial charge in [-0.25, -0.2) is 0 Å². The Balaban J connectivity index is 2.35. The highest BCUT2D eigenvalue weighted by molar-refractivity contribution is 9.10. The van der Waals surface area contributed by atoms with Crippen LogP contribution in [0.1, 0.15) is 24.2 Å². The van der Waals surface area contributed by atoms with Gasteiger partial charge in [0.05, 0.1) is 5.25 Å². The van der Waals surface area contributed by atoms with Gasteiger partial charge in [0.1, 0.15) is 0 Å². The SMILES string of the molecule is CCC(N)C(Sc1ccccc1Br)c1ccccc1Br. The van der Waals surface area contributed by atoms with Crippen LogP contribution in [0.2, 0.25) is 0 Å². The Bertz CT molecular complexity index is 574. The number of rotatable bonds is 5. The lowest BCUT2D eigenvalue weighted by Crippen LogP contribution is -2.25. The summed E-state index contributed by atoms with van der Waals surface area (Å²) in [4.78, 5) is 1.22. The molecule has 2 atom stereocenters. The molecule has 0 heterocycles. The Morgan fingerprint density at radius 1 is 1.00 bits per heavy atom. The molecule has 20 heavy (non-hydrogen) atoms. The lowest BCUT2D eigenvalue weighted by molar-refractivity contribution is 0.633. The second-order valence-corrected chi connectivity index (χ2v) is 7.45. The number of thioether (sulfide) groups is 1. The van der Waals surface area contributed by atoms with Crippen molar-refractivity contribution in [2.45, 2.75) is 29.5 Å². The van der Waals surface area contributed by atoms with Crippen LogP contribution < -0.4 is 5.73 Å². The number of hydrogen-bond acceptors (Lipinski definition) is 2. The Kier molecular flexibility index (Phi) is 6.15. The maximum absolute atomic E-state index is 6.36. The summed E-state index contributed by atoms with van der Waals surface area (Å²) in [5, 5.41) is 0.231. The standard InChI is InChI=1S/C16H17Br2NS/c1-2-14(19)16(11-7-3-4-8-12(11)17)20-15-10-6-5-9-13(15)18/h3-10,14,16H,2,19H2,1H3. The van der Waals surface area contributed by atoms with Crippen molar-refractivity contribution in [1.82, 2.24) is 0 Å². The van der Waals surface area contributed by atoms with E-state index in [-0.39, 0.29) is 11.3 Å². The van der Waals surface area contributed by atoms with Crippen LogP contribution in [0.5, 0.6) is 0 Å². The minimum atomic E-state index is 0.116. The van der Waals surface area contributed by atoms with Gasteiger partial charge in [-0.15, -0.1) is 11.8 Å². The first-order chi connectivity index (χ1) is 9.63. The van der Waals surface area contributed by atoms with Crippen LogP contribution in [0.15, 0.2) is 62.4 Å². The molecule has 0 aliphatic carbocycles. The van der Waals surface area contributed by atoms with Crippen LogP contribution >= 0.6 is 43.6 Å². The summed E-state index contributed by atoms with van der Waals surface area (Å²) in [5.41, 5.74) is 7.61. The molecule has 2 rings (SSSR count). The molecule has 2 unspecified atom stereocenters. The van der Waals surface area contributed by atoms with E-state index in [1.807, 2.05) is 23.9 Å². The van der Waals surface area contributed by atoms with Crippen LogP contribution in [0.25, 0.3) is 0 Å². The summed E-state index contributed by atoms with van der Waals surface area (Å²) in [7, 11) is 0. The van der Waals surface area contributed by atoms with Crippen molar-refractivity contribution in [3.05, 3.63) is 63.0 Å². The molecule has 0 fully saturated rings. The van der Waals surface area contributed by atoms with Crippen molar-refractivity contribution < 1.29 is 0 Å². The maximum Gasteiger partial charge on any atom is 0.0506 e. The van der Waals surface area contributed by atoms with Gasteiger partial charge in [0, 0.05) is 19.9 Å². The maximum atomic E-state index is 6.36. The zero-order chi connectivity index (χ0) is 14.5. The van der Waals surface area contributed by atoms with Crippen LogP contribution in [0.3, 0.4) is 0 Å². The normalized spacial score (nSPS) is 14.0. The summed E-state index contributed by atoms with van der Waals surface area (Å²) in [5.74, 6) is 0. The summed E-state index contributed by atoms with van der Waals surface area (Å²) in [6, 6.07) is 16.7. The van der Waals surface area contributed by atoms with E-state index in [2.05, 4.69) is 75.2 Å². The van der Waals surface area contributed by atoms with Crippen LogP contribution in [-0.2, 0) is 0 Å². The van der Waals surface area contributed by atoms with Gasteiger partial charge in [0.2, 0.25) is 0 Å². The van der Waals surface area contributed by atoms with E-state index in [1.165, 1.54) is 10.5 Å². The van der Waals surface area contributed by atoms with E-state index in [0.717, 1.165) is 15.4 Å². The van der Waals surface area contributed by atoms with E-state index in [0.29, 0.717) is 0 Å². The predicted octanol–water partition coefficient (Wildman–Crippen LogP) is 5.78. The van der Waals surface area contributed by atoms with Gasteiger partial charge in [0.25, 0.3) is 0 Å². The minimum absolute atomic E-state index is 0.116. The molecule has 0 spiro atoms. The first-order valence-corrected chi connectivity index (χ1v) is 9.01. The third kappa shape index (κ3) is 3.88. The quantitative estimate of drug-likeness (QED) is 0.627. The number of hydrogen-bond donors (Lipinski definition) is 1. The molecule has 0 saturated heterocycles. The van der Waals surface area contributed by atoms with Crippen molar-refractivity contribution in [2.24, 2.45) is 5.73 Å². The van der Waals surface area contributed by atoms with Crippen LogP contribution in [0, 0.1) is 0 Å². The molecule has 0 saturated carbocycles. The average Bonchev–Trinajstić information content (AvgIpc) is 2.47. The first-order valence-electron chi connectivity index (χ1n) is 6.54. The molecule has 2 aromatic carbocycles. The molecule has 4 heteroatoms. The molecule has 0 amide bonds. The zero-order valence-corrected chi connectivity index (χ0v) is 15.2. The van der Waals surface area contributed by atoms with E-state index < -0.39 is 0 Å². The lowest BCUT2D eigenvalue weighted by Gasteiger charge is -2.24. The Morgan fingerprint density at radius 2 is 1.60 bits per heavy atom. The fourth-order valence-electron chi connectivity index (χ4n) is 1.98. The molecule has 2 aromatic rings. The monoisotopic (exact) mass is 413 g/mol. The molecule has 106 valence electrons. The highest BCUT2D eigenvalue weighted by Crippen LogP contribution is 2.43. The molecule has 1 nitrogen and oxygen atoms in total. The van der Waals surface area contributed by atoms with E-state index in [4.69, 9.17) is 5.73 Å². The third-order valence-corrected chi connectivity index (χ3v) is 6.31. The van der Waals surface area contributed by atoms with E-state index in [1.54, 1.807) is 0 Å². The molecule has 0 aromatic heterocycles. The minimum Gasteiger partial charge on any atom is -0.326 e. The smallest absolute Gasteiger partial charge is 0.0506 e. The molecule has 0 radical (unpaired) electrons. The van der Waals surface area contributed by atoms with Gasteiger partial charge in [0.15, 0.2) is 0 Å². The Morgan fingerprint density at radius 3 is 2.20 bits per heavy atom. The fraction of sp³-hybridized carbons (Fsp3) is 0.250. The third-order valence-electron chi connectivity index (χ3n) is 3.16. The fourth-order valence-corrected chi connectivity index (χ4v) is 4.54. The Labute approximate surface area is 141 Å². The van der Waals surface area contributed by atoms with E-state index >= 15 is 0 Å². The highest BCUT2D eigenvalue weighted by atomic mass is 79.9. The highest BCUT2D eigenvalue weighted by Gasteiger charge is 2.22. The van der Waals surface area contributed by atoms with Crippen LogP contribution in [-0.4, -0.2) is 6.04 Å². The second kappa shape index (κ2) is 7.64. The molecule has 0 aliphatic rings. The largest absolute Gasteiger partial charge is 0.326 e. The zero-order valence-electron chi connectivity index (χ0n) is 11.2. The summed E-state index contributed by atoms with van der Waals surface area (Å²) < 4.78 is 2.24. The van der Waals surface area contributed by atoms with Crippen molar-refractivity contribution in [2.75, 3.05) is 0 Å². The molecule has 0 bridgehead atoms. The first kappa shape index (κ1) is 16.1. The van der Waals surface area contributed by atoms with Crippen LogP contribution in [0.4, 0.5) is 0 Å². The van der Waals surface area contributed by atoms with Gasteiger partial charge in [-0.05, 0) is 46.1 Å². The summed E-state index contributed by atoms with van der Waals surface area (Å²) in [6.07, 6.45) is 0.948. The number of benzene rings is 2. The van der Waals surface area contributed by atoms with Gasteiger partial charge < -0.3 is 5.73 Å². The summed E-state index contributed by atoms with van der Waals surface area (Å²) >= 11 is 9.07. The molecule has 2 N–H and O–H groups in total. The van der Waals surface area contributed by atoms with Crippen molar-refractivity contribution in [1.29, 1.82) is 0 Å². The topological polar surface area (TPSA) is 26.0 Å².